The highest BCUT2D eigenvalue weighted by atomic mass is 79.9. The fourth-order valence-electron chi connectivity index (χ4n) is 2.28. The number of nitrogens with one attached hydrogen (secondary N) is 2. The number of hydrogen-bond donors (Lipinski definition) is 2. The Morgan fingerprint density at radius 2 is 2.10 bits per heavy atom. The molecule has 0 atom stereocenters. The van der Waals surface area contributed by atoms with Crippen LogP contribution in [0.3, 0.4) is 0 Å². The molecule has 1 aromatic carbocycles. The van der Waals surface area contributed by atoms with E-state index in [9.17, 15) is 4.79 Å². The summed E-state index contributed by atoms with van der Waals surface area (Å²) >= 11 is 3.46. The van der Waals surface area contributed by atoms with Crippen molar-refractivity contribution < 1.29 is 4.79 Å². The van der Waals surface area contributed by atoms with E-state index in [1.54, 1.807) is 0 Å². The maximum absolute atomic E-state index is 12.0. The molecule has 1 heterocycles. The van der Waals surface area contributed by atoms with Crippen LogP contribution in [0.4, 0.5) is 0 Å². The van der Waals surface area contributed by atoms with E-state index >= 15 is 0 Å². The van der Waals surface area contributed by atoms with Crippen molar-refractivity contribution in [3.05, 3.63) is 33.8 Å². The Bertz CT molecular complexity index is 464. The maximum Gasteiger partial charge on any atom is 0.251 e. The van der Waals surface area contributed by atoms with Gasteiger partial charge in [0.15, 0.2) is 0 Å². The molecule has 0 spiro atoms. The average Bonchev–Trinajstić information content (AvgIpc) is 2.47. The first-order valence-electron chi connectivity index (χ1n) is 7.14. The zero-order valence-electron chi connectivity index (χ0n) is 12.3. The van der Waals surface area contributed by atoms with Crippen molar-refractivity contribution in [1.82, 2.24) is 15.5 Å². The van der Waals surface area contributed by atoms with Gasteiger partial charge in [0.1, 0.15) is 0 Å². The standard InChI is InChI=1S/C15H22BrN3O.ClH/c1-12-3-4-13(11-14(12)16)15(20)18-5-2-8-19-9-6-17-7-10-19;/h3-4,11,17H,2,5-10H2,1H3,(H,18,20);1H. The molecule has 0 unspecified atom stereocenters. The Hall–Kier alpha value is -0.620. The van der Waals surface area contributed by atoms with Crippen LogP contribution in [0.25, 0.3) is 0 Å². The predicted octanol–water partition coefficient (Wildman–Crippen LogP) is 2.20. The number of benzene rings is 1. The number of hydrogen-bond acceptors (Lipinski definition) is 3. The Morgan fingerprint density at radius 3 is 2.76 bits per heavy atom. The van der Waals surface area contributed by atoms with E-state index in [2.05, 4.69) is 31.5 Å². The van der Waals surface area contributed by atoms with Crippen molar-refractivity contribution in [2.75, 3.05) is 39.3 Å². The lowest BCUT2D eigenvalue weighted by Crippen LogP contribution is -2.44. The van der Waals surface area contributed by atoms with E-state index in [1.807, 2.05) is 25.1 Å². The molecule has 1 amide bonds. The Balaban J connectivity index is 0.00000220. The third kappa shape index (κ3) is 5.94. The van der Waals surface area contributed by atoms with E-state index in [0.29, 0.717) is 5.56 Å². The zero-order valence-corrected chi connectivity index (χ0v) is 14.7. The highest BCUT2D eigenvalue weighted by Crippen LogP contribution is 2.17. The summed E-state index contributed by atoms with van der Waals surface area (Å²) in [5.74, 6) is 0.00557. The highest BCUT2D eigenvalue weighted by molar-refractivity contribution is 9.10. The first-order valence-corrected chi connectivity index (χ1v) is 7.93. The van der Waals surface area contributed by atoms with Crippen molar-refractivity contribution in [2.45, 2.75) is 13.3 Å². The molecule has 1 saturated heterocycles. The predicted molar refractivity (Wildman–Crippen MR) is 92.4 cm³/mol. The number of rotatable bonds is 5. The summed E-state index contributed by atoms with van der Waals surface area (Å²) in [7, 11) is 0. The van der Waals surface area contributed by atoms with Gasteiger partial charge in [0.05, 0.1) is 0 Å². The summed E-state index contributed by atoms with van der Waals surface area (Å²) in [6.45, 7) is 8.16. The van der Waals surface area contributed by atoms with Crippen LogP contribution in [-0.4, -0.2) is 50.1 Å². The van der Waals surface area contributed by atoms with Crippen LogP contribution in [0.1, 0.15) is 22.3 Å². The van der Waals surface area contributed by atoms with Gasteiger partial charge in [-0.1, -0.05) is 22.0 Å². The molecule has 4 nitrogen and oxygen atoms in total. The number of amides is 1. The molecule has 0 aliphatic carbocycles. The number of nitrogens with zero attached hydrogens (tertiary/aromatic N) is 1. The topological polar surface area (TPSA) is 44.4 Å². The smallest absolute Gasteiger partial charge is 0.251 e. The van der Waals surface area contributed by atoms with Gasteiger partial charge >= 0.3 is 0 Å². The summed E-state index contributed by atoms with van der Waals surface area (Å²) in [5.41, 5.74) is 1.85. The molecule has 0 bridgehead atoms. The van der Waals surface area contributed by atoms with Gasteiger partial charge in [-0.15, -0.1) is 12.4 Å². The first kappa shape index (κ1) is 18.4. The Kier molecular flexibility index (Phi) is 8.26. The lowest BCUT2D eigenvalue weighted by Gasteiger charge is -2.27. The third-order valence-electron chi connectivity index (χ3n) is 3.58. The van der Waals surface area contributed by atoms with Gasteiger partial charge in [-0.2, -0.15) is 0 Å². The summed E-state index contributed by atoms with van der Waals surface area (Å²) in [6, 6.07) is 5.70. The summed E-state index contributed by atoms with van der Waals surface area (Å²) in [4.78, 5) is 14.4. The molecule has 1 aliphatic heterocycles. The SMILES string of the molecule is Cc1ccc(C(=O)NCCCN2CCNCC2)cc1Br.Cl. The number of piperazine rings is 1. The van der Waals surface area contributed by atoms with Gasteiger partial charge in [0.2, 0.25) is 0 Å². The molecule has 21 heavy (non-hydrogen) atoms. The van der Waals surface area contributed by atoms with Gasteiger partial charge in [0, 0.05) is 42.8 Å². The van der Waals surface area contributed by atoms with E-state index < -0.39 is 0 Å². The first-order chi connectivity index (χ1) is 9.66. The number of carbonyl (C=O) groups excluding carboxylic acids is 1. The van der Waals surface area contributed by atoms with E-state index in [0.717, 1.165) is 55.7 Å². The minimum atomic E-state index is 0. The van der Waals surface area contributed by atoms with Crippen molar-refractivity contribution in [3.63, 3.8) is 0 Å². The summed E-state index contributed by atoms with van der Waals surface area (Å²) < 4.78 is 0.978. The Labute approximate surface area is 141 Å². The summed E-state index contributed by atoms with van der Waals surface area (Å²) in [6.07, 6.45) is 0.999. The Morgan fingerprint density at radius 1 is 1.38 bits per heavy atom. The minimum absolute atomic E-state index is 0. The lowest BCUT2D eigenvalue weighted by atomic mass is 10.1. The molecular formula is C15H23BrClN3O. The number of aryl methyl sites for hydroxylation is 1. The minimum Gasteiger partial charge on any atom is -0.352 e. The molecule has 6 heteroatoms. The second-order valence-electron chi connectivity index (χ2n) is 5.17. The summed E-state index contributed by atoms with van der Waals surface area (Å²) in [5, 5.41) is 6.32. The largest absolute Gasteiger partial charge is 0.352 e. The van der Waals surface area contributed by atoms with E-state index in [4.69, 9.17) is 0 Å². The zero-order chi connectivity index (χ0) is 14.4. The molecular weight excluding hydrogens is 354 g/mol. The molecule has 2 N–H and O–H groups in total. The molecule has 1 aliphatic rings. The third-order valence-corrected chi connectivity index (χ3v) is 4.43. The highest BCUT2D eigenvalue weighted by Gasteiger charge is 2.09. The van der Waals surface area contributed by atoms with Gasteiger partial charge in [0.25, 0.3) is 5.91 Å². The van der Waals surface area contributed by atoms with Gasteiger partial charge in [-0.3, -0.25) is 4.79 Å². The van der Waals surface area contributed by atoms with Crippen molar-refractivity contribution in [1.29, 1.82) is 0 Å². The molecule has 1 aromatic rings. The van der Waals surface area contributed by atoms with Crippen LogP contribution in [0.2, 0.25) is 0 Å². The van der Waals surface area contributed by atoms with Gasteiger partial charge in [-0.25, -0.2) is 0 Å². The average molecular weight is 377 g/mol. The van der Waals surface area contributed by atoms with E-state index in [1.165, 1.54) is 0 Å². The monoisotopic (exact) mass is 375 g/mol. The van der Waals surface area contributed by atoms with Crippen molar-refractivity contribution >= 4 is 34.2 Å². The quantitative estimate of drug-likeness (QED) is 0.774. The number of halogens is 2. The van der Waals surface area contributed by atoms with Gasteiger partial charge in [-0.05, 0) is 37.6 Å². The second-order valence-corrected chi connectivity index (χ2v) is 6.02. The van der Waals surface area contributed by atoms with Crippen LogP contribution >= 0.6 is 28.3 Å². The van der Waals surface area contributed by atoms with E-state index in [-0.39, 0.29) is 18.3 Å². The second kappa shape index (κ2) is 9.41. The van der Waals surface area contributed by atoms with Crippen LogP contribution in [0.15, 0.2) is 22.7 Å². The molecule has 2 rings (SSSR count). The fourth-order valence-corrected chi connectivity index (χ4v) is 2.65. The molecule has 118 valence electrons. The molecule has 0 aromatic heterocycles. The molecule has 0 saturated carbocycles. The fraction of sp³-hybridized carbons (Fsp3) is 0.533. The van der Waals surface area contributed by atoms with Crippen LogP contribution in [0.5, 0.6) is 0 Å². The van der Waals surface area contributed by atoms with Crippen LogP contribution in [0, 0.1) is 6.92 Å². The van der Waals surface area contributed by atoms with Crippen LogP contribution < -0.4 is 10.6 Å². The number of carbonyl (C=O) groups is 1. The van der Waals surface area contributed by atoms with Crippen LogP contribution in [-0.2, 0) is 0 Å². The normalized spacial score (nSPS) is 15.3. The molecule has 1 fully saturated rings. The van der Waals surface area contributed by atoms with Gasteiger partial charge < -0.3 is 15.5 Å². The molecule has 0 radical (unpaired) electrons. The lowest BCUT2D eigenvalue weighted by molar-refractivity contribution is 0.0951. The van der Waals surface area contributed by atoms with Crippen molar-refractivity contribution in [3.8, 4) is 0 Å². The maximum atomic E-state index is 12.0. The van der Waals surface area contributed by atoms with Crippen molar-refractivity contribution in [2.24, 2.45) is 0 Å².